The highest BCUT2D eigenvalue weighted by atomic mass is 32.1. The van der Waals surface area contributed by atoms with Crippen LogP contribution >= 0.6 is 11.3 Å². The van der Waals surface area contributed by atoms with Crippen molar-refractivity contribution in [2.75, 3.05) is 10.6 Å². The molecule has 0 radical (unpaired) electrons. The normalized spacial score (nSPS) is 12.0. The van der Waals surface area contributed by atoms with E-state index in [4.69, 9.17) is 0 Å². The Morgan fingerprint density at radius 3 is 2.35 bits per heavy atom. The molecule has 2 amide bonds. The predicted molar refractivity (Wildman–Crippen MR) is 133 cm³/mol. The lowest BCUT2D eigenvalue weighted by Crippen LogP contribution is -2.45. The van der Waals surface area contributed by atoms with Crippen LogP contribution in [-0.2, 0) is 17.4 Å². The maximum atomic E-state index is 13.2. The average Bonchev–Trinajstić information content (AvgIpc) is 3.34. The molecule has 0 bridgehead atoms. The van der Waals surface area contributed by atoms with Gasteiger partial charge in [0.15, 0.2) is 5.13 Å². The van der Waals surface area contributed by atoms with Crippen molar-refractivity contribution in [1.82, 2.24) is 10.3 Å². The second-order valence-electron chi connectivity index (χ2n) is 7.95. The van der Waals surface area contributed by atoms with Crippen LogP contribution in [0.4, 0.5) is 34.1 Å². The van der Waals surface area contributed by atoms with Gasteiger partial charge in [-0.05, 0) is 48.0 Å². The SMILES string of the molecule is O=C(N[C@H](Cc1ccccc1)C(=O)Nc1ccc(F)cc1)c1csc(Nc2cccc(C(F)(F)F)c2)n1. The maximum Gasteiger partial charge on any atom is 0.416 e. The number of hydrogen-bond acceptors (Lipinski definition) is 5. The van der Waals surface area contributed by atoms with Crippen molar-refractivity contribution >= 4 is 39.7 Å². The van der Waals surface area contributed by atoms with Gasteiger partial charge in [-0.15, -0.1) is 11.3 Å². The van der Waals surface area contributed by atoms with E-state index >= 15 is 0 Å². The molecule has 1 aromatic heterocycles. The fraction of sp³-hybridized carbons (Fsp3) is 0.115. The Hall–Kier alpha value is -4.25. The minimum atomic E-state index is -4.49. The Morgan fingerprint density at radius 2 is 1.65 bits per heavy atom. The molecule has 0 spiro atoms. The maximum absolute atomic E-state index is 13.2. The molecular formula is C26H20F4N4O2S. The molecule has 37 heavy (non-hydrogen) atoms. The number of benzene rings is 3. The highest BCUT2D eigenvalue weighted by Gasteiger charge is 2.30. The fourth-order valence-electron chi connectivity index (χ4n) is 3.39. The first-order chi connectivity index (χ1) is 17.7. The summed E-state index contributed by atoms with van der Waals surface area (Å²) in [6.45, 7) is 0. The summed E-state index contributed by atoms with van der Waals surface area (Å²) in [5.41, 5.74) is 0.499. The van der Waals surface area contributed by atoms with Crippen molar-refractivity contribution in [3.8, 4) is 0 Å². The number of alkyl halides is 3. The number of amides is 2. The molecule has 0 aliphatic rings. The van der Waals surface area contributed by atoms with E-state index in [0.29, 0.717) is 5.69 Å². The number of anilines is 3. The van der Waals surface area contributed by atoms with Gasteiger partial charge < -0.3 is 16.0 Å². The lowest BCUT2D eigenvalue weighted by atomic mass is 10.0. The van der Waals surface area contributed by atoms with Gasteiger partial charge >= 0.3 is 6.18 Å². The molecule has 3 N–H and O–H groups in total. The third kappa shape index (κ3) is 7.14. The number of carbonyl (C=O) groups excluding carboxylic acids is 2. The average molecular weight is 529 g/mol. The Bertz CT molecular complexity index is 1380. The summed E-state index contributed by atoms with van der Waals surface area (Å²) < 4.78 is 52.1. The van der Waals surface area contributed by atoms with Crippen molar-refractivity contribution in [1.29, 1.82) is 0 Å². The molecule has 0 aliphatic carbocycles. The lowest BCUT2D eigenvalue weighted by Gasteiger charge is -2.18. The Balaban J connectivity index is 1.47. The number of thiazole rings is 1. The lowest BCUT2D eigenvalue weighted by molar-refractivity contribution is -0.137. The Morgan fingerprint density at radius 1 is 0.919 bits per heavy atom. The van der Waals surface area contributed by atoms with E-state index < -0.39 is 35.4 Å². The van der Waals surface area contributed by atoms with E-state index in [1.165, 1.54) is 41.8 Å². The standard InChI is InChI=1S/C26H20F4N4O2S/c27-18-9-11-19(12-10-18)31-23(35)21(13-16-5-2-1-3-6-16)33-24(36)22-15-37-25(34-22)32-20-8-4-7-17(14-20)26(28,29)30/h1-12,14-15,21H,13H2,(H,31,35)(H,32,34)(H,33,36)/t21-/m1/s1. The van der Waals surface area contributed by atoms with Gasteiger partial charge in [-0.3, -0.25) is 9.59 Å². The summed E-state index contributed by atoms with van der Waals surface area (Å²) in [4.78, 5) is 30.1. The van der Waals surface area contributed by atoms with Crippen LogP contribution in [0.5, 0.6) is 0 Å². The van der Waals surface area contributed by atoms with Gasteiger partial charge in [0, 0.05) is 23.2 Å². The molecule has 1 heterocycles. The van der Waals surface area contributed by atoms with Gasteiger partial charge in [-0.25, -0.2) is 9.37 Å². The summed E-state index contributed by atoms with van der Waals surface area (Å²) in [5, 5.41) is 9.72. The number of carbonyl (C=O) groups is 2. The van der Waals surface area contributed by atoms with Gasteiger partial charge in [-0.2, -0.15) is 13.2 Å². The molecule has 0 fully saturated rings. The molecule has 0 saturated carbocycles. The van der Waals surface area contributed by atoms with Crippen LogP contribution < -0.4 is 16.0 Å². The fourth-order valence-corrected chi connectivity index (χ4v) is 4.10. The van der Waals surface area contributed by atoms with Crippen LogP contribution in [0.15, 0.2) is 84.2 Å². The summed E-state index contributed by atoms with van der Waals surface area (Å²) >= 11 is 1.03. The van der Waals surface area contributed by atoms with Gasteiger partial charge in [0.2, 0.25) is 5.91 Å². The van der Waals surface area contributed by atoms with Gasteiger partial charge in [0.05, 0.1) is 5.56 Å². The molecule has 1 atom stereocenters. The molecule has 4 aromatic rings. The van der Waals surface area contributed by atoms with Crippen molar-refractivity contribution in [3.63, 3.8) is 0 Å². The van der Waals surface area contributed by atoms with E-state index in [1.807, 2.05) is 18.2 Å². The van der Waals surface area contributed by atoms with E-state index in [2.05, 4.69) is 20.9 Å². The molecule has 11 heteroatoms. The van der Waals surface area contributed by atoms with Gasteiger partial charge in [0.25, 0.3) is 5.91 Å². The number of nitrogens with one attached hydrogen (secondary N) is 3. The summed E-state index contributed by atoms with van der Waals surface area (Å²) in [7, 11) is 0. The minimum absolute atomic E-state index is 0.00730. The molecule has 0 aliphatic heterocycles. The van der Waals surface area contributed by atoms with E-state index in [-0.39, 0.29) is 22.9 Å². The third-order valence-electron chi connectivity index (χ3n) is 5.19. The first-order valence-corrected chi connectivity index (χ1v) is 11.9. The minimum Gasteiger partial charge on any atom is -0.339 e. The monoisotopic (exact) mass is 528 g/mol. The molecule has 3 aromatic carbocycles. The summed E-state index contributed by atoms with van der Waals surface area (Å²) in [6.07, 6.45) is -4.31. The van der Waals surface area contributed by atoms with Crippen LogP contribution in [-0.4, -0.2) is 22.8 Å². The first kappa shape index (κ1) is 25.8. The summed E-state index contributed by atoms with van der Waals surface area (Å²) in [5.74, 6) is -1.60. The van der Waals surface area contributed by atoms with Gasteiger partial charge in [0.1, 0.15) is 17.6 Å². The molecule has 0 unspecified atom stereocenters. The number of aromatic nitrogens is 1. The van der Waals surface area contributed by atoms with Crippen LogP contribution in [0.25, 0.3) is 0 Å². The van der Waals surface area contributed by atoms with Crippen molar-refractivity contribution < 1.29 is 27.2 Å². The molecule has 4 rings (SSSR count). The van der Waals surface area contributed by atoms with Crippen molar-refractivity contribution in [3.05, 3.63) is 107 Å². The highest BCUT2D eigenvalue weighted by molar-refractivity contribution is 7.14. The second-order valence-corrected chi connectivity index (χ2v) is 8.81. The number of rotatable bonds is 8. The largest absolute Gasteiger partial charge is 0.416 e. The topological polar surface area (TPSA) is 83.1 Å². The van der Waals surface area contributed by atoms with Crippen LogP contribution in [0.3, 0.4) is 0 Å². The van der Waals surface area contributed by atoms with Gasteiger partial charge in [-0.1, -0.05) is 36.4 Å². The number of nitrogens with zero attached hydrogens (tertiary/aromatic N) is 1. The zero-order valence-electron chi connectivity index (χ0n) is 19.1. The number of halogens is 4. The quantitative estimate of drug-likeness (QED) is 0.244. The second kappa shape index (κ2) is 11.2. The van der Waals surface area contributed by atoms with E-state index in [1.54, 1.807) is 12.1 Å². The Kier molecular flexibility index (Phi) is 7.83. The van der Waals surface area contributed by atoms with Crippen LogP contribution in [0.2, 0.25) is 0 Å². The zero-order valence-corrected chi connectivity index (χ0v) is 19.9. The number of hydrogen-bond donors (Lipinski definition) is 3. The van der Waals surface area contributed by atoms with Crippen LogP contribution in [0.1, 0.15) is 21.6 Å². The molecular weight excluding hydrogens is 508 g/mol. The highest BCUT2D eigenvalue weighted by Crippen LogP contribution is 2.31. The zero-order chi connectivity index (χ0) is 26.4. The predicted octanol–water partition coefficient (Wildman–Crippen LogP) is 6.02. The van der Waals surface area contributed by atoms with Crippen molar-refractivity contribution in [2.45, 2.75) is 18.6 Å². The van der Waals surface area contributed by atoms with Crippen LogP contribution in [0, 0.1) is 5.82 Å². The first-order valence-electron chi connectivity index (χ1n) is 11.0. The Labute approximate surface area is 213 Å². The summed E-state index contributed by atoms with van der Waals surface area (Å²) in [6, 6.07) is 17.9. The smallest absolute Gasteiger partial charge is 0.339 e. The molecule has 190 valence electrons. The van der Waals surface area contributed by atoms with E-state index in [9.17, 15) is 27.2 Å². The molecule has 0 saturated heterocycles. The van der Waals surface area contributed by atoms with Crippen molar-refractivity contribution in [2.24, 2.45) is 0 Å². The third-order valence-corrected chi connectivity index (χ3v) is 5.95. The van der Waals surface area contributed by atoms with E-state index in [0.717, 1.165) is 29.0 Å². The molecule has 6 nitrogen and oxygen atoms in total.